The Labute approximate surface area is 161 Å². The SMILES string of the molecule is Cc1cccc(NC(=O)N2CCn3ncc(-c4cccc(Cl)c4F)c3C2)c1. The summed E-state index contributed by atoms with van der Waals surface area (Å²) in [7, 11) is 0. The number of nitrogens with one attached hydrogen (secondary N) is 1. The molecule has 0 bridgehead atoms. The fraction of sp³-hybridized carbons (Fsp3) is 0.200. The Morgan fingerprint density at radius 2 is 2.00 bits per heavy atom. The van der Waals surface area contributed by atoms with Crippen LogP contribution in [0.15, 0.2) is 48.7 Å². The summed E-state index contributed by atoms with van der Waals surface area (Å²) in [6, 6.07) is 12.3. The quantitative estimate of drug-likeness (QED) is 0.696. The highest BCUT2D eigenvalue weighted by Gasteiger charge is 2.25. The van der Waals surface area contributed by atoms with Crippen LogP contribution in [0.3, 0.4) is 0 Å². The Hall–Kier alpha value is -2.86. The molecule has 0 aliphatic carbocycles. The van der Waals surface area contributed by atoms with Crippen molar-refractivity contribution in [2.75, 3.05) is 11.9 Å². The van der Waals surface area contributed by atoms with Crippen LogP contribution >= 0.6 is 11.6 Å². The molecule has 2 amide bonds. The van der Waals surface area contributed by atoms with Gasteiger partial charge in [0.05, 0.1) is 30.0 Å². The normalized spacial score (nSPS) is 13.4. The number of benzene rings is 2. The van der Waals surface area contributed by atoms with E-state index in [1.807, 2.05) is 35.9 Å². The van der Waals surface area contributed by atoms with Gasteiger partial charge < -0.3 is 10.2 Å². The van der Waals surface area contributed by atoms with E-state index in [9.17, 15) is 9.18 Å². The molecule has 2 heterocycles. The van der Waals surface area contributed by atoms with Gasteiger partial charge in [-0.2, -0.15) is 5.10 Å². The number of fused-ring (bicyclic) bond motifs is 1. The summed E-state index contributed by atoms with van der Waals surface area (Å²) in [5.41, 5.74) is 3.66. The number of rotatable bonds is 2. The number of anilines is 1. The Kier molecular flexibility index (Phi) is 4.58. The summed E-state index contributed by atoms with van der Waals surface area (Å²) in [4.78, 5) is 14.4. The zero-order chi connectivity index (χ0) is 19.0. The summed E-state index contributed by atoms with van der Waals surface area (Å²) in [6.07, 6.45) is 1.63. The smallest absolute Gasteiger partial charge is 0.317 e. The molecular formula is C20H18ClFN4O. The lowest BCUT2D eigenvalue weighted by Gasteiger charge is -2.28. The lowest BCUT2D eigenvalue weighted by Crippen LogP contribution is -2.41. The van der Waals surface area contributed by atoms with E-state index in [2.05, 4.69) is 10.4 Å². The average molecular weight is 385 g/mol. The lowest BCUT2D eigenvalue weighted by atomic mass is 10.0. The molecule has 1 N–H and O–H groups in total. The van der Waals surface area contributed by atoms with Gasteiger partial charge in [-0.05, 0) is 30.7 Å². The molecule has 0 saturated heterocycles. The maximum absolute atomic E-state index is 14.5. The number of carbonyl (C=O) groups is 1. The topological polar surface area (TPSA) is 50.2 Å². The Balaban J connectivity index is 1.59. The molecule has 0 saturated carbocycles. The third-order valence-corrected chi connectivity index (χ3v) is 4.96. The van der Waals surface area contributed by atoms with E-state index >= 15 is 0 Å². The summed E-state index contributed by atoms with van der Waals surface area (Å²) in [5, 5.41) is 7.33. The first-order valence-electron chi connectivity index (χ1n) is 8.64. The number of amides is 2. The largest absolute Gasteiger partial charge is 0.322 e. The second-order valence-corrected chi connectivity index (χ2v) is 6.96. The number of hydrogen-bond donors (Lipinski definition) is 1. The van der Waals surface area contributed by atoms with Crippen LogP contribution in [0.2, 0.25) is 5.02 Å². The average Bonchev–Trinajstić information content (AvgIpc) is 3.07. The first-order valence-corrected chi connectivity index (χ1v) is 9.02. The number of nitrogens with zero attached hydrogens (tertiary/aromatic N) is 3. The Morgan fingerprint density at radius 3 is 2.81 bits per heavy atom. The van der Waals surface area contributed by atoms with Crippen LogP contribution in [0.25, 0.3) is 11.1 Å². The minimum Gasteiger partial charge on any atom is -0.317 e. The molecule has 138 valence electrons. The first-order chi connectivity index (χ1) is 13.0. The van der Waals surface area contributed by atoms with Gasteiger partial charge >= 0.3 is 6.03 Å². The van der Waals surface area contributed by atoms with Crippen LogP contribution in [-0.2, 0) is 13.1 Å². The second-order valence-electron chi connectivity index (χ2n) is 6.55. The zero-order valence-corrected chi connectivity index (χ0v) is 15.5. The molecule has 0 unspecified atom stereocenters. The van der Waals surface area contributed by atoms with Gasteiger partial charge in [0.2, 0.25) is 0 Å². The molecular weight excluding hydrogens is 367 g/mol. The molecule has 1 aliphatic rings. The number of aromatic nitrogens is 2. The summed E-state index contributed by atoms with van der Waals surface area (Å²) >= 11 is 5.92. The van der Waals surface area contributed by atoms with Crippen molar-refractivity contribution in [3.8, 4) is 11.1 Å². The van der Waals surface area contributed by atoms with Crippen LogP contribution in [-0.4, -0.2) is 27.3 Å². The molecule has 4 rings (SSSR count). The van der Waals surface area contributed by atoms with Gasteiger partial charge in [0.1, 0.15) is 5.82 Å². The summed E-state index contributed by atoms with van der Waals surface area (Å²) in [6.45, 7) is 3.41. The minimum atomic E-state index is -0.476. The van der Waals surface area contributed by atoms with E-state index in [4.69, 9.17) is 11.6 Å². The third kappa shape index (κ3) is 3.40. The molecule has 1 aromatic heterocycles. The highest BCUT2D eigenvalue weighted by atomic mass is 35.5. The molecule has 0 spiro atoms. The van der Waals surface area contributed by atoms with E-state index in [0.717, 1.165) is 16.9 Å². The maximum Gasteiger partial charge on any atom is 0.322 e. The Morgan fingerprint density at radius 1 is 1.19 bits per heavy atom. The van der Waals surface area contributed by atoms with Gasteiger partial charge in [-0.15, -0.1) is 0 Å². The van der Waals surface area contributed by atoms with Crippen molar-refractivity contribution in [2.45, 2.75) is 20.0 Å². The van der Waals surface area contributed by atoms with Crippen molar-refractivity contribution in [2.24, 2.45) is 0 Å². The third-order valence-electron chi connectivity index (χ3n) is 4.67. The van der Waals surface area contributed by atoms with Gasteiger partial charge in [-0.25, -0.2) is 9.18 Å². The van der Waals surface area contributed by atoms with Gasteiger partial charge in [0.15, 0.2) is 0 Å². The van der Waals surface area contributed by atoms with Crippen molar-refractivity contribution in [3.05, 3.63) is 70.8 Å². The van der Waals surface area contributed by atoms with Crippen molar-refractivity contribution in [1.29, 1.82) is 0 Å². The van der Waals surface area contributed by atoms with Crippen molar-refractivity contribution in [1.82, 2.24) is 14.7 Å². The molecule has 1 aliphatic heterocycles. The number of hydrogen-bond acceptors (Lipinski definition) is 2. The molecule has 5 nitrogen and oxygen atoms in total. The van der Waals surface area contributed by atoms with Crippen LogP contribution in [0, 0.1) is 12.7 Å². The zero-order valence-electron chi connectivity index (χ0n) is 14.7. The van der Waals surface area contributed by atoms with E-state index in [-0.39, 0.29) is 11.1 Å². The molecule has 0 radical (unpaired) electrons. The van der Waals surface area contributed by atoms with Gasteiger partial charge in [-0.3, -0.25) is 4.68 Å². The Bertz CT molecular complexity index is 1020. The van der Waals surface area contributed by atoms with Crippen LogP contribution < -0.4 is 5.32 Å². The highest BCUT2D eigenvalue weighted by Crippen LogP contribution is 2.32. The van der Waals surface area contributed by atoms with Crippen molar-refractivity contribution >= 4 is 23.3 Å². The van der Waals surface area contributed by atoms with E-state index in [0.29, 0.717) is 30.8 Å². The first kappa shape index (κ1) is 17.5. The number of carbonyl (C=O) groups excluding carboxylic acids is 1. The predicted octanol–water partition coefficient (Wildman–Crippen LogP) is 4.70. The fourth-order valence-corrected chi connectivity index (χ4v) is 3.46. The minimum absolute atomic E-state index is 0.0670. The van der Waals surface area contributed by atoms with Gasteiger partial charge in [-0.1, -0.05) is 35.9 Å². The van der Waals surface area contributed by atoms with Gasteiger partial charge in [0, 0.05) is 23.4 Å². The standard InChI is InChI=1S/C20H18ClFN4O/c1-13-4-2-5-14(10-13)24-20(27)25-8-9-26-18(12-25)16(11-23-26)15-6-3-7-17(21)19(15)22/h2-7,10-11H,8-9,12H2,1H3,(H,24,27). The molecule has 7 heteroatoms. The predicted molar refractivity (Wildman–Crippen MR) is 103 cm³/mol. The molecule has 3 aromatic rings. The molecule has 0 fully saturated rings. The van der Waals surface area contributed by atoms with E-state index < -0.39 is 5.82 Å². The molecule has 27 heavy (non-hydrogen) atoms. The van der Waals surface area contributed by atoms with Crippen molar-refractivity contribution < 1.29 is 9.18 Å². The summed E-state index contributed by atoms with van der Waals surface area (Å²) < 4.78 is 16.3. The second kappa shape index (κ2) is 7.04. The van der Waals surface area contributed by atoms with Gasteiger partial charge in [0.25, 0.3) is 0 Å². The van der Waals surface area contributed by atoms with E-state index in [1.54, 1.807) is 23.2 Å². The lowest BCUT2D eigenvalue weighted by molar-refractivity contribution is 0.194. The summed E-state index contributed by atoms with van der Waals surface area (Å²) in [5.74, 6) is -0.476. The number of urea groups is 1. The number of halogens is 2. The highest BCUT2D eigenvalue weighted by molar-refractivity contribution is 6.31. The van der Waals surface area contributed by atoms with Crippen molar-refractivity contribution in [3.63, 3.8) is 0 Å². The number of aryl methyl sites for hydroxylation is 1. The monoisotopic (exact) mass is 384 g/mol. The fourth-order valence-electron chi connectivity index (χ4n) is 3.28. The molecule has 0 atom stereocenters. The van der Waals surface area contributed by atoms with Crippen LogP contribution in [0.1, 0.15) is 11.3 Å². The van der Waals surface area contributed by atoms with Crippen LogP contribution in [0.5, 0.6) is 0 Å². The molecule has 2 aromatic carbocycles. The van der Waals surface area contributed by atoms with E-state index in [1.165, 1.54) is 6.07 Å². The van der Waals surface area contributed by atoms with Crippen LogP contribution in [0.4, 0.5) is 14.9 Å². The maximum atomic E-state index is 14.5.